The first-order chi connectivity index (χ1) is 13.9. The van der Waals surface area contributed by atoms with Crippen molar-refractivity contribution in [2.45, 2.75) is 56.4 Å². The lowest BCUT2D eigenvalue weighted by Crippen LogP contribution is -2.44. The zero-order chi connectivity index (χ0) is 20.4. The van der Waals surface area contributed by atoms with E-state index in [4.69, 9.17) is 0 Å². The number of hydrogen-bond donors (Lipinski definition) is 1. The highest BCUT2D eigenvalue weighted by Gasteiger charge is 2.27. The minimum absolute atomic E-state index is 0.124. The van der Waals surface area contributed by atoms with Gasteiger partial charge in [-0.1, -0.05) is 0 Å². The molecule has 1 aliphatic heterocycles. The number of nitrogens with one attached hydrogen (secondary N) is 1. The number of pyridine rings is 1. The maximum atomic E-state index is 12.7. The third-order valence-corrected chi connectivity index (χ3v) is 7.87. The van der Waals surface area contributed by atoms with Gasteiger partial charge in [-0.05, 0) is 68.4 Å². The lowest BCUT2D eigenvalue weighted by Gasteiger charge is -2.16. The second kappa shape index (κ2) is 8.24. The van der Waals surface area contributed by atoms with Crippen LogP contribution in [0.3, 0.4) is 0 Å². The first kappa shape index (κ1) is 20.0. The van der Waals surface area contributed by atoms with Crippen LogP contribution in [0.2, 0.25) is 0 Å². The number of rotatable bonds is 5. The summed E-state index contributed by atoms with van der Waals surface area (Å²) in [7, 11) is -3.44. The Labute approximate surface area is 172 Å². The summed E-state index contributed by atoms with van der Waals surface area (Å²) in [6.45, 7) is 3.03. The number of anilines is 1. The number of amides is 1. The quantitative estimate of drug-likeness (QED) is 0.765. The summed E-state index contributed by atoms with van der Waals surface area (Å²) in [5.74, 6) is -0.124. The molecule has 1 N–H and O–H groups in total. The predicted molar refractivity (Wildman–Crippen MR) is 111 cm³/mol. The van der Waals surface area contributed by atoms with Gasteiger partial charge in [0.25, 0.3) is 5.91 Å². The molecule has 1 saturated heterocycles. The summed E-state index contributed by atoms with van der Waals surface area (Å²) < 4.78 is 28.7. The van der Waals surface area contributed by atoms with E-state index < -0.39 is 10.0 Å². The molecule has 0 unspecified atom stereocenters. The summed E-state index contributed by atoms with van der Waals surface area (Å²) in [5, 5.41) is 2.90. The molecule has 29 heavy (non-hydrogen) atoms. The highest BCUT2D eigenvalue weighted by atomic mass is 32.2. The standard InChI is InChI=1S/C22H27N3O3S/c1-17(24-15-12-18-6-2-3-7-19(18)16-24)22(26)23-20-8-10-21(11-9-20)29(27,28)25-13-4-5-14-25/h8-12,15-17H,2-7,13-14H2,1H3/p+1/t17-/m0/s1. The third-order valence-electron chi connectivity index (χ3n) is 5.96. The van der Waals surface area contributed by atoms with E-state index in [2.05, 4.69) is 17.6 Å². The van der Waals surface area contributed by atoms with Crippen LogP contribution < -0.4 is 9.88 Å². The molecule has 1 amide bonds. The Hall–Kier alpha value is -2.25. The largest absolute Gasteiger partial charge is 0.320 e. The highest BCUT2D eigenvalue weighted by molar-refractivity contribution is 7.89. The molecule has 154 valence electrons. The number of carbonyl (C=O) groups excluding carboxylic acids is 1. The van der Waals surface area contributed by atoms with Crippen molar-refractivity contribution in [3.8, 4) is 0 Å². The minimum Gasteiger partial charge on any atom is -0.320 e. The Balaban J connectivity index is 1.44. The smallest absolute Gasteiger partial charge is 0.293 e. The van der Waals surface area contributed by atoms with Gasteiger partial charge in [0.1, 0.15) is 0 Å². The Morgan fingerprint density at radius 1 is 1.00 bits per heavy atom. The van der Waals surface area contributed by atoms with Gasteiger partial charge in [-0.25, -0.2) is 8.42 Å². The summed E-state index contributed by atoms with van der Waals surface area (Å²) >= 11 is 0. The van der Waals surface area contributed by atoms with Crippen LogP contribution in [-0.2, 0) is 27.7 Å². The van der Waals surface area contributed by atoms with Crippen molar-refractivity contribution in [2.75, 3.05) is 18.4 Å². The van der Waals surface area contributed by atoms with Crippen LogP contribution >= 0.6 is 0 Å². The molecule has 0 bridgehead atoms. The average Bonchev–Trinajstić information content (AvgIpc) is 3.29. The summed E-state index contributed by atoms with van der Waals surface area (Å²) in [5.41, 5.74) is 3.31. The van der Waals surface area contributed by atoms with Crippen LogP contribution in [0.15, 0.2) is 47.6 Å². The zero-order valence-electron chi connectivity index (χ0n) is 16.8. The van der Waals surface area contributed by atoms with Crippen LogP contribution in [-0.4, -0.2) is 31.7 Å². The highest BCUT2D eigenvalue weighted by Crippen LogP contribution is 2.23. The first-order valence-electron chi connectivity index (χ1n) is 10.4. The SMILES string of the molecule is C[C@@H](C(=O)Nc1ccc(S(=O)(=O)N2CCCC2)cc1)[n+]1ccc2c(c1)CCCC2. The normalized spacial score (nSPS) is 18.2. The number of fused-ring (bicyclic) bond motifs is 1. The average molecular weight is 415 g/mol. The van der Waals surface area contributed by atoms with E-state index in [1.807, 2.05) is 17.7 Å². The van der Waals surface area contributed by atoms with Crippen molar-refractivity contribution in [3.05, 3.63) is 53.9 Å². The van der Waals surface area contributed by atoms with Crippen molar-refractivity contribution >= 4 is 21.6 Å². The molecule has 4 rings (SSSR count). The first-order valence-corrected chi connectivity index (χ1v) is 11.8. The Bertz CT molecular complexity index is 996. The predicted octanol–water partition coefficient (Wildman–Crippen LogP) is 2.84. The molecule has 2 aromatic rings. The number of nitrogens with zero attached hydrogens (tertiary/aromatic N) is 2. The molecule has 0 saturated carbocycles. The Morgan fingerprint density at radius 2 is 1.66 bits per heavy atom. The van der Waals surface area contributed by atoms with Gasteiger partial charge in [0.2, 0.25) is 16.1 Å². The van der Waals surface area contributed by atoms with Gasteiger partial charge in [-0.2, -0.15) is 8.87 Å². The summed E-state index contributed by atoms with van der Waals surface area (Å²) in [6, 6.07) is 8.22. The van der Waals surface area contributed by atoms with E-state index in [0.717, 1.165) is 25.7 Å². The fraction of sp³-hybridized carbons (Fsp3) is 0.455. The van der Waals surface area contributed by atoms with Crippen molar-refractivity contribution in [1.29, 1.82) is 0 Å². The van der Waals surface area contributed by atoms with Gasteiger partial charge in [0.05, 0.1) is 4.90 Å². The van der Waals surface area contributed by atoms with Gasteiger partial charge in [0.15, 0.2) is 12.4 Å². The lowest BCUT2D eigenvalue weighted by atomic mass is 9.93. The van der Waals surface area contributed by atoms with Crippen molar-refractivity contribution < 1.29 is 17.8 Å². The van der Waals surface area contributed by atoms with Crippen LogP contribution in [0.4, 0.5) is 5.69 Å². The fourth-order valence-corrected chi connectivity index (χ4v) is 5.62. The molecule has 2 heterocycles. The second-order valence-electron chi connectivity index (χ2n) is 7.95. The van der Waals surface area contributed by atoms with Gasteiger partial charge < -0.3 is 5.32 Å². The van der Waals surface area contributed by atoms with Crippen LogP contribution in [0.5, 0.6) is 0 Å². The molecule has 6 nitrogen and oxygen atoms in total. The molecule has 1 aromatic heterocycles. The van der Waals surface area contributed by atoms with Gasteiger partial charge in [-0.15, -0.1) is 0 Å². The lowest BCUT2D eigenvalue weighted by molar-refractivity contribution is -0.706. The van der Waals surface area contributed by atoms with E-state index >= 15 is 0 Å². The molecular weight excluding hydrogens is 386 g/mol. The van der Waals surface area contributed by atoms with Crippen LogP contribution in [0, 0.1) is 0 Å². The Kier molecular flexibility index (Phi) is 5.69. The van der Waals surface area contributed by atoms with Crippen LogP contribution in [0.1, 0.15) is 49.8 Å². The second-order valence-corrected chi connectivity index (χ2v) is 9.89. The van der Waals surface area contributed by atoms with Crippen molar-refractivity contribution in [3.63, 3.8) is 0 Å². The number of hydrogen-bond acceptors (Lipinski definition) is 3. The monoisotopic (exact) mass is 414 g/mol. The molecular formula is C22H28N3O3S+. The number of aromatic nitrogens is 1. The molecule has 2 aliphatic rings. The summed E-state index contributed by atoms with van der Waals surface area (Å²) in [6.07, 6.45) is 10.5. The van der Waals surface area contributed by atoms with E-state index in [1.54, 1.807) is 24.3 Å². The van der Waals surface area contributed by atoms with Crippen molar-refractivity contribution in [2.24, 2.45) is 0 Å². The molecule has 1 fully saturated rings. The molecule has 1 atom stereocenters. The number of benzene rings is 1. The van der Waals surface area contributed by atoms with Gasteiger partial charge >= 0.3 is 0 Å². The number of carbonyl (C=O) groups is 1. The van der Waals surface area contributed by atoms with Crippen molar-refractivity contribution in [1.82, 2.24) is 4.31 Å². The molecule has 7 heteroatoms. The molecule has 0 spiro atoms. The van der Waals surface area contributed by atoms with E-state index in [9.17, 15) is 13.2 Å². The maximum absolute atomic E-state index is 12.7. The van der Waals surface area contributed by atoms with Crippen LogP contribution in [0.25, 0.3) is 0 Å². The third kappa shape index (κ3) is 4.21. The van der Waals surface area contributed by atoms with E-state index in [0.29, 0.717) is 18.8 Å². The minimum atomic E-state index is -3.44. The summed E-state index contributed by atoms with van der Waals surface area (Å²) in [4.78, 5) is 13.0. The molecule has 1 aromatic carbocycles. The Morgan fingerprint density at radius 3 is 2.34 bits per heavy atom. The number of aryl methyl sites for hydroxylation is 2. The zero-order valence-corrected chi connectivity index (χ0v) is 17.6. The molecule has 1 aliphatic carbocycles. The number of sulfonamides is 1. The maximum Gasteiger partial charge on any atom is 0.293 e. The van der Waals surface area contributed by atoms with E-state index in [-0.39, 0.29) is 16.8 Å². The van der Waals surface area contributed by atoms with Gasteiger partial charge in [-0.3, -0.25) is 4.79 Å². The molecule has 0 radical (unpaired) electrons. The fourth-order valence-electron chi connectivity index (χ4n) is 4.10. The van der Waals surface area contributed by atoms with E-state index in [1.165, 1.54) is 28.3 Å². The topological polar surface area (TPSA) is 70.4 Å². The van der Waals surface area contributed by atoms with Gasteiger partial charge in [0, 0.05) is 37.3 Å².